The zero-order chi connectivity index (χ0) is 9.42. The van der Waals surface area contributed by atoms with E-state index in [1.54, 1.807) is 0 Å². The van der Waals surface area contributed by atoms with Crippen molar-refractivity contribution in [2.24, 2.45) is 0 Å². The van der Waals surface area contributed by atoms with E-state index in [0.29, 0.717) is 0 Å². The molecule has 2 rings (SSSR count). The maximum absolute atomic E-state index is 10.6. The Kier molecular flexibility index (Phi) is 1.81. The van der Waals surface area contributed by atoms with Crippen LogP contribution in [0.4, 0.5) is 5.69 Å². The normalized spacial score (nSPS) is 10.5. The Labute approximate surface area is 80.0 Å². The van der Waals surface area contributed by atoms with Gasteiger partial charge in [-0.2, -0.15) is 0 Å². The van der Waals surface area contributed by atoms with E-state index in [1.807, 2.05) is 25.1 Å². The lowest BCUT2D eigenvalue weighted by Gasteiger charge is -1.97. The van der Waals surface area contributed by atoms with Gasteiger partial charge in [-0.3, -0.25) is 4.79 Å². The highest BCUT2D eigenvalue weighted by atomic mass is 32.1. The van der Waals surface area contributed by atoms with Crippen molar-refractivity contribution in [2.45, 2.75) is 6.92 Å². The number of benzene rings is 1. The first kappa shape index (κ1) is 8.26. The van der Waals surface area contributed by atoms with Gasteiger partial charge in [0, 0.05) is 10.4 Å². The van der Waals surface area contributed by atoms with Crippen molar-refractivity contribution in [3.8, 4) is 0 Å². The Morgan fingerprint density at radius 1 is 1.38 bits per heavy atom. The number of thiophene rings is 1. The van der Waals surface area contributed by atoms with Crippen LogP contribution in [0.15, 0.2) is 18.2 Å². The molecule has 1 heterocycles. The van der Waals surface area contributed by atoms with E-state index >= 15 is 0 Å². The Morgan fingerprint density at radius 3 is 2.85 bits per heavy atom. The first-order chi connectivity index (χ1) is 6.20. The van der Waals surface area contributed by atoms with Crippen LogP contribution in [-0.4, -0.2) is 6.29 Å². The number of aldehydes is 1. The first-order valence-electron chi connectivity index (χ1n) is 3.95. The molecule has 3 heteroatoms. The molecule has 2 nitrogen and oxygen atoms in total. The summed E-state index contributed by atoms with van der Waals surface area (Å²) in [7, 11) is 0. The number of aryl methyl sites for hydroxylation is 1. The third-order valence-corrected chi connectivity index (χ3v) is 3.01. The lowest BCUT2D eigenvalue weighted by Crippen LogP contribution is -1.84. The minimum Gasteiger partial charge on any atom is -0.399 e. The van der Waals surface area contributed by atoms with Crippen LogP contribution in [0.5, 0.6) is 0 Å². The fourth-order valence-corrected chi connectivity index (χ4v) is 2.42. The van der Waals surface area contributed by atoms with Gasteiger partial charge in [-0.05, 0) is 36.1 Å². The molecule has 0 radical (unpaired) electrons. The highest BCUT2D eigenvalue weighted by Gasteiger charge is 2.03. The third kappa shape index (κ3) is 1.31. The molecule has 0 aliphatic carbocycles. The quantitative estimate of drug-likeness (QED) is 0.556. The monoisotopic (exact) mass is 191 g/mol. The van der Waals surface area contributed by atoms with Crippen LogP contribution in [0.25, 0.3) is 10.1 Å². The second kappa shape index (κ2) is 2.85. The van der Waals surface area contributed by atoms with Crippen LogP contribution in [0, 0.1) is 6.92 Å². The number of nitrogen functional groups attached to an aromatic ring is 1. The number of carbonyl (C=O) groups excluding carboxylic acids is 1. The summed E-state index contributed by atoms with van der Waals surface area (Å²) in [5.41, 5.74) is 7.57. The van der Waals surface area contributed by atoms with Crippen molar-refractivity contribution < 1.29 is 4.79 Å². The summed E-state index contributed by atoms with van der Waals surface area (Å²) < 4.78 is 1.08. The van der Waals surface area contributed by atoms with Crippen LogP contribution in [0.3, 0.4) is 0 Å². The van der Waals surface area contributed by atoms with E-state index in [-0.39, 0.29) is 0 Å². The van der Waals surface area contributed by atoms with Gasteiger partial charge in [0.05, 0.1) is 4.88 Å². The molecule has 0 fully saturated rings. The van der Waals surface area contributed by atoms with E-state index in [2.05, 4.69) is 0 Å². The van der Waals surface area contributed by atoms with Gasteiger partial charge in [0.15, 0.2) is 6.29 Å². The molecule has 0 aliphatic rings. The minimum atomic E-state index is 0.753. The average Bonchev–Trinajstić information content (AvgIpc) is 2.47. The van der Waals surface area contributed by atoms with Gasteiger partial charge in [0.25, 0.3) is 0 Å². The third-order valence-electron chi connectivity index (χ3n) is 2.00. The zero-order valence-corrected chi connectivity index (χ0v) is 8.02. The summed E-state index contributed by atoms with van der Waals surface area (Å²) in [6.07, 6.45) is 0.875. The SMILES string of the molecule is Cc1cc(N)cc2sc(C=O)cc12. The van der Waals surface area contributed by atoms with Gasteiger partial charge in [0.1, 0.15) is 0 Å². The average molecular weight is 191 g/mol. The number of fused-ring (bicyclic) bond motifs is 1. The molecule has 1 aromatic carbocycles. The lowest BCUT2D eigenvalue weighted by molar-refractivity contribution is 0.112. The Bertz CT molecular complexity index is 473. The lowest BCUT2D eigenvalue weighted by atomic mass is 10.1. The Balaban J connectivity index is 2.82. The molecule has 0 spiro atoms. The smallest absolute Gasteiger partial charge is 0.160 e. The molecule has 1 aromatic heterocycles. The number of hydrogen-bond acceptors (Lipinski definition) is 3. The molecular weight excluding hydrogens is 182 g/mol. The highest BCUT2D eigenvalue weighted by molar-refractivity contribution is 7.20. The van der Waals surface area contributed by atoms with Gasteiger partial charge >= 0.3 is 0 Å². The maximum Gasteiger partial charge on any atom is 0.160 e. The standard InChI is InChI=1S/C10H9NOS/c1-6-2-7(11)3-10-9(6)4-8(5-12)13-10/h2-5H,11H2,1H3. The summed E-state index contributed by atoms with van der Waals surface area (Å²) in [6.45, 7) is 2.00. The van der Waals surface area contributed by atoms with Crippen molar-refractivity contribution in [1.29, 1.82) is 0 Å². The van der Waals surface area contributed by atoms with E-state index in [9.17, 15) is 4.79 Å². The first-order valence-corrected chi connectivity index (χ1v) is 4.77. The van der Waals surface area contributed by atoms with Gasteiger partial charge in [0.2, 0.25) is 0 Å². The molecule has 0 saturated heterocycles. The van der Waals surface area contributed by atoms with Crippen LogP contribution in [0.1, 0.15) is 15.2 Å². The molecule has 13 heavy (non-hydrogen) atoms. The number of nitrogens with two attached hydrogens (primary N) is 1. The Hall–Kier alpha value is -1.35. The van der Waals surface area contributed by atoms with E-state index in [0.717, 1.165) is 32.5 Å². The van der Waals surface area contributed by atoms with Crippen LogP contribution >= 0.6 is 11.3 Å². The van der Waals surface area contributed by atoms with E-state index in [4.69, 9.17) is 5.73 Å². The molecular formula is C10H9NOS. The highest BCUT2D eigenvalue weighted by Crippen LogP contribution is 2.29. The van der Waals surface area contributed by atoms with Crippen LogP contribution < -0.4 is 5.73 Å². The predicted octanol–water partition coefficient (Wildman–Crippen LogP) is 2.60. The van der Waals surface area contributed by atoms with Gasteiger partial charge < -0.3 is 5.73 Å². The summed E-state index contributed by atoms with van der Waals surface area (Å²) in [6, 6.07) is 5.73. The molecule has 0 aliphatic heterocycles. The molecule has 0 saturated carbocycles. The van der Waals surface area contributed by atoms with Crippen LogP contribution in [-0.2, 0) is 0 Å². The van der Waals surface area contributed by atoms with Crippen molar-refractivity contribution in [3.05, 3.63) is 28.6 Å². The van der Waals surface area contributed by atoms with E-state index < -0.39 is 0 Å². The number of carbonyl (C=O) groups is 1. The second-order valence-electron chi connectivity index (χ2n) is 3.02. The summed E-state index contributed by atoms with van der Waals surface area (Å²) in [4.78, 5) is 11.3. The fraction of sp³-hybridized carbons (Fsp3) is 0.100. The van der Waals surface area contributed by atoms with Crippen molar-refractivity contribution in [1.82, 2.24) is 0 Å². The van der Waals surface area contributed by atoms with Crippen LogP contribution in [0.2, 0.25) is 0 Å². The molecule has 2 N–H and O–H groups in total. The van der Waals surface area contributed by atoms with Gasteiger partial charge in [-0.1, -0.05) is 0 Å². The minimum absolute atomic E-state index is 0.753. The topological polar surface area (TPSA) is 43.1 Å². The molecule has 2 aromatic rings. The fourth-order valence-electron chi connectivity index (χ4n) is 1.42. The molecule has 0 unspecified atom stereocenters. The molecule has 66 valence electrons. The van der Waals surface area contributed by atoms with Crippen molar-refractivity contribution in [3.63, 3.8) is 0 Å². The summed E-state index contributed by atoms with van der Waals surface area (Å²) in [5.74, 6) is 0. The second-order valence-corrected chi connectivity index (χ2v) is 4.13. The molecule has 0 bridgehead atoms. The van der Waals surface area contributed by atoms with Gasteiger partial charge in [-0.15, -0.1) is 11.3 Å². The number of hydrogen-bond donors (Lipinski definition) is 1. The summed E-state index contributed by atoms with van der Waals surface area (Å²) >= 11 is 1.48. The zero-order valence-electron chi connectivity index (χ0n) is 7.20. The number of rotatable bonds is 1. The maximum atomic E-state index is 10.6. The van der Waals surface area contributed by atoms with Gasteiger partial charge in [-0.25, -0.2) is 0 Å². The van der Waals surface area contributed by atoms with Crippen molar-refractivity contribution >= 4 is 33.4 Å². The number of anilines is 1. The summed E-state index contributed by atoms with van der Waals surface area (Å²) in [5, 5.41) is 1.13. The Morgan fingerprint density at radius 2 is 2.15 bits per heavy atom. The van der Waals surface area contributed by atoms with Crippen molar-refractivity contribution in [2.75, 3.05) is 5.73 Å². The molecule has 0 atom stereocenters. The predicted molar refractivity (Wildman–Crippen MR) is 56.4 cm³/mol. The largest absolute Gasteiger partial charge is 0.399 e. The molecule has 0 amide bonds. The van der Waals surface area contributed by atoms with E-state index in [1.165, 1.54) is 11.3 Å².